The fraction of sp³-hybridized carbons (Fsp3) is 0.348. The number of carbonyl (C=O) groups excluding carboxylic acids is 1. The lowest BCUT2D eigenvalue weighted by Gasteiger charge is -2.26. The van der Waals surface area contributed by atoms with Crippen LogP contribution in [0.2, 0.25) is 0 Å². The van der Waals surface area contributed by atoms with E-state index in [1.54, 1.807) is 43.3 Å². The smallest absolute Gasteiger partial charge is 0.330 e. The van der Waals surface area contributed by atoms with Crippen molar-refractivity contribution >= 4 is 23.5 Å². The van der Waals surface area contributed by atoms with Crippen molar-refractivity contribution < 1.29 is 18.0 Å². The molecule has 0 spiro atoms. The first-order valence-corrected chi connectivity index (χ1v) is 10.7. The summed E-state index contributed by atoms with van der Waals surface area (Å²) in [6.45, 7) is 2.93. The van der Waals surface area contributed by atoms with Gasteiger partial charge in [0.25, 0.3) is 0 Å². The molecule has 3 rings (SSSR count). The van der Waals surface area contributed by atoms with Crippen LogP contribution in [-0.4, -0.2) is 77.3 Å². The Bertz CT molecular complexity index is 1170. The molecule has 0 saturated carbocycles. The Kier molecular flexibility index (Phi) is 7.85. The van der Waals surface area contributed by atoms with Gasteiger partial charge in [-0.05, 0) is 63.0 Å². The van der Waals surface area contributed by atoms with Gasteiger partial charge >= 0.3 is 12.2 Å². The standard InChI is InChI=1S/C23H27F3N8O/c1-15-12-16(14-17(13-15)28-21-27-9-8-19(29-21)23(24,25)26)18-6-7-20(31-30-18)34(11-10-32(2)3)22(35)33(4)5/h6-9,12-14H,10-11H2,1-5H3,(H,27,28,29). The van der Waals surface area contributed by atoms with Crippen LogP contribution in [0.3, 0.4) is 0 Å². The van der Waals surface area contributed by atoms with Crippen molar-refractivity contribution in [3.63, 3.8) is 0 Å². The normalized spacial score (nSPS) is 11.5. The second-order valence-electron chi connectivity index (χ2n) is 8.38. The summed E-state index contributed by atoms with van der Waals surface area (Å²) >= 11 is 0. The summed E-state index contributed by atoms with van der Waals surface area (Å²) in [5, 5.41) is 11.4. The summed E-state index contributed by atoms with van der Waals surface area (Å²) in [6, 6.07) is 9.40. The molecular weight excluding hydrogens is 461 g/mol. The molecule has 12 heteroatoms. The molecule has 1 aromatic carbocycles. The molecule has 0 saturated heterocycles. The molecule has 0 unspecified atom stereocenters. The fourth-order valence-corrected chi connectivity index (χ4v) is 3.18. The monoisotopic (exact) mass is 488 g/mol. The molecule has 0 aliphatic rings. The molecule has 0 aliphatic carbocycles. The minimum atomic E-state index is -4.57. The van der Waals surface area contributed by atoms with Gasteiger partial charge in [0, 0.05) is 44.6 Å². The van der Waals surface area contributed by atoms with Crippen molar-refractivity contribution in [2.24, 2.45) is 0 Å². The lowest BCUT2D eigenvalue weighted by atomic mass is 10.1. The van der Waals surface area contributed by atoms with Crippen molar-refractivity contribution in [2.45, 2.75) is 13.1 Å². The zero-order valence-electron chi connectivity index (χ0n) is 20.1. The summed E-state index contributed by atoms with van der Waals surface area (Å²) in [6.07, 6.45) is -3.51. The first-order chi connectivity index (χ1) is 16.4. The number of likely N-dealkylation sites (N-methyl/N-ethyl adjacent to an activating group) is 1. The minimum absolute atomic E-state index is 0.170. The van der Waals surface area contributed by atoms with Gasteiger partial charge in [-0.2, -0.15) is 13.2 Å². The predicted molar refractivity (Wildman–Crippen MR) is 128 cm³/mol. The highest BCUT2D eigenvalue weighted by atomic mass is 19.4. The molecule has 2 aromatic heterocycles. The zero-order chi connectivity index (χ0) is 25.8. The Hall–Kier alpha value is -3.80. The second kappa shape index (κ2) is 10.6. The molecule has 0 fully saturated rings. The van der Waals surface area contributed by atoms with Gasteiger partial charge in [-0.25, -0.2) is 14.8 Å². The van der Waals surface area contributed by atoms with E-state index in [0.29, 0.717) is 35.9 Å². The van der Waals surface area contributed by atoms with Crippen LogP contribution in [0.4, 0.5) is 35.4 Å². The number of anilines is 3. The molecule has 2 amide bonds. The first kappa shape index (κ1) is 25.8. The number of amides is 2. The number of carbonyl (C=O) groups is 1. The summed E-state index contributed by atoms with van der Waals surface area (Å²) in [5.74, 6) is 0.245. The highest BCUT2D eigenvalue weighted by Gasteiger charge is 2.32. The molecule has 2 heterocycles. The topological polar surface area (TPSA) is 90.4 Å². The van der Waals surface area contributed by atoms with E-state index in [-0.39, 0.29) is 12.0 Å². The first-order valence-electron chi connectivity index (χ1n) is 10.7. The van der Waals surface area contributed by atoms with E-state index in [0.717, 1.165) is 17.8 Å². The zero-order valence-corrected chi connectivity index (χ0v) is 20.1. The van der Waals surface area contributed by atoms with Gasteiger partial charge in [0.15, 0.2) is 5.82 Å². The van der Waals surface area contributed by atoms with E-state index >= 15 is 0 Å². The molecule has 0 radical (unpaired) electrons. The van der Waals surface area contributed by atoms with E-state index in [9.17, 15) is 18.0 Å². The Balaban J connectivity index is 1.86. The number of urea groups is 1. The molecular formula is C23H27F3N8O. The van der Waals surface area contributed by atoms with Crippen LogP contribution in [-0.2, 0) is 6.18 Å². The highest BCUT2D eigenvalue weighted by molar-refractivity contribution is 5.90. The lowest BCUT2D eigenvalue weighted by Crippen LogP contribution is -2.43. The van der Waals surface area contributed by atoms with Crippen LogP contribution in [0.15, 0.2) is 42.6 Å². The van der Waals surface area contributed by atoms with Gasteiger partial charge in [-0.1, -0.05) is 0 Å². The Morgan fingerprint density at radius 1 is 1.00 bits per heavy atom. The van der Waals surface area contributed by atoms with Gasteiger partial charge in [-0.3, -0.25) is 4.90 Å². The van der Waals surface area contributed by atoms with Gasteiger partial charge < -0.3 is 15.1 Å². The van der Waals surface area contributed by atoms with Crippen molar-refractivity contribution in [2.75, 3.05) is 51.5 Å². The number of benzene rings is 1. The molecule has 35 heavy (non-hydrogen) atoms. The highest BCUT2D eigenvalue weighted by Crippen LogP contribution is 2.29. The Morgan fingerprint density at radius 3 is 2.34 bits per heavy atom. The summed E-state index contributed by atoms with van der Waals surface area (Å²) < 4.78 is 38.9. The largest absolute Gasteiger partial charge is 0.433 e. The van der Waals surface area contributed by atoms with Crippen LogP contribution in [0.1, 0.15) is 11.3 Å². The molecule has 0 aliphatic heterocycles. The van der Waals surface area contributed by atoms with E-state index in [1.165, 1.54) is 4.90 Å². The predicted octanol–water partition coefficient (Wildman–Crippen LogP) is 4.05. The number of rotatable bonds is 7. The maximum absolute atomic E-state index is 13.0. The molecule has 9 nitrogen and oxygen atoms in total. The average Bonchev–Trinajstić information content (AvgIpc) is 2.78. The van der Waals surface area contributed by atoms with Gasteiger partial charge in [0.1, 0.15) is 5.69 Å². The van der Waals surface area contributed by atoms with Crippen LogP contribution < -0.4 is 10.2 Å². The van der Waals surface area contributed by atoms with Gasteiger partial charge in [0.2, 0.25) is 5.95 Å². The number of hydrogen-bond acceptors (Lipinski definition) is 7. The lowest BCUT2D eigenvalue weighted by molar-refractivity contribution is -0.141. The Morgan fingerprint density at radius 2 is 1.74 bits per heavy atom. The van der Waals surface area contributed by atoms with Crippen LogP contribution in [0.5, 0.6) is 0 Å². The quantitative estimate of drug-likeness (QED) is 0.537. The third kappa shape index (κ3) is 6.85. The Labute approximate surface area is 201 Å². The second-order valence-corrected chi connectivity index (χ2v) is 8.38. The number of nitrogens with zero attached hydrogens (tertiary/aromatic N) is 7. The van der Waals surface area contributed by atoms with Crippen molar-refractivity contribution in [1.82, 2.24) is 30.0 Å². The summed E-state index contributed by atoms with van der Waals surface area (Å²) in [7, 11) is 7.17. The van der Waals surface area contributed by atoms with Gasteiger partial charge in [0.05, 0.1) is 5.69 Å². The SMILES string of the molecule is Cc1cc(Nc2nccc(C(F)(F)F)n2)cc(-c2ccc(N(CCN(C)C)C(=O)N(C)C)nn2)c1. The number of nitrogens with one attached hydrogen (secondary N) is 1. The molecule has 0 atom stereocenters. The number of aromatic nitrogens is 4. The molecule has 186 valence electrons. The maximum atomic E-state index is 13.0. The van der Waals surface area contributed by atoms with E-state index in [2.05, 4.69) is 25.5 Å². The number of halogens is 3. The van der Waals surface area contributed by atoms with E-state index in [4.69, 9.17) is 0 Å². The van der Waals surface area contributed by atoms with Gasteiger partial charge in [-0.15, -0.1) is 10.2 Å². The number of aryl methyl sites for hydroxylation is 1. The van der Waals surface area contributed by atoms with Crippen LogP contribution in [0.25, 0.3) is 11.3 Å². The van der Waals surface area contributed by atoms with Crippen molar-refractivity contribution in [3.8, 4) is 11.3 Å². The maximum Gasteiger partial charge on any atom is 0.433 e. The third-order valence-electron chi connectivity index (χ3n) is 4.89. The number of alkyl halides is 3. The third-order valence-corrected chi connectivity index (χ3v) is 4.89. The van der Waals surface area contributed by atoms with E-state index in [1.807, 2.05) is 32.0 Å². The summed E-state index contributed by atoms with van der Waals surface area (Å²) in [4.78, 5) is 25.0. The molecule has 3 aromatic rings. The minimum Gasteiger partial charge on any atom is -0.330 e. The average molecular weight is 489 g/mol. The molecule has 1 N–H and O–H groups in total. The fourth-order valence-electron chi connectivity index (χ4n) is 3.18. The van der Waals surface area contributed by atoms with Crippen molar-refractivity contribution in [1.29, 1.82) is 0 Å². The van der Waals surface area contributed by atoms with Crippen LogP contribution in [0, 0.1) is 6.92 Å². The van der Waals surface area contributed by atoms with Crippen molar-refractivity contribution in [3.05, 3.63) is 53.9 Å². The molecule has 0 bridgehead atoms. The summed E-state index contributed by atoms with van der Waals surface area (Å²) in [5.41, 5.74) is 1.54. The van der Waals surface area contributed by atoms with Crippen LogP contribution >= 0.6 is 0 Å². The van der Waals surface area contributed by atoms with E-state index < -0.39 is 11.9 Å². The number of hydrogen-bond donors (Lipinski definition) is 1.